The third-order valence-electron chi connectivity index (χ3n) is 4.56. The van der Waals surface area contributed by atoms with E-state index in [1.54, 1.807) is 7.11 Å². The number of methoxy groups -OCH3 is 1. The zero-order chi connectivity index (χ0) is 14.9. The van der Waals surface area contributed by atoms with Gasteiger partial charge < -0.3 is 15.4 Å². The first-order valence-corrected chi connectivity index (χ1v) is 7.17. The van der Waals surface area contributed by atoms with E-state index in [-0.39, 0.29) is 5.54 Å². The molecule has 1 heterocycles. The fourth-order valence-electron chi connectivity index (χ4n) is 3.15. The van der Waals surface area contributed by atoms with Crippen LogP contribution in [0.4, 0.5) is 5.69 Å². The van der Waals surface area contributed by atoms with Crippen LogP contribution in [0, 0.1) is 5.92 Å². The van der Waals surface area contributed by atoms with Crippen molar-refractivity contribution in [3.63, 3.8) is 0 Å². The van der Waals surface area contributed by atoms with Gasteiger partial charge in [-0.3, -0.25) is 0 Å². The molecule has 0 aliphatic carbocycles. The highest BCUT2D eigenvalue weighted by Gasteiger charge is 2.34. The van der Waals surface area contributed by atoms with Gasteiger partial charge in [-0.2, -0.15) is 0 Å². The van der Waals surface area contributed by atoms with Crippen LogP contribution in [0.25, 0.3) is 0 Å². The Hall–Kier alpha value is -1.64. The Morgan fingerprint density at radius 1 is 1.45 bits per heavy atom. The third kappa shape index (κ3) is 2.92. The fraction of sp³-hybridized carbons (Fsp3) is 0.529. The van der Waals surface area contributed by atoms with Crippen LogP contribution >= 0.6 is 0 Å². The van der Waals surface area contributed by atoms with Crippen LogP contribution in [-0.2, 0) is 6.42 Å². The molecule has 2 N–H and O–H groups in total. The molecular formula is C17H26N2O. The van der Waals surface area contributed by atoms with Crippen LogP contribution in [0.5, 0.6) is 5.75 Å². The predicted molar refractivity (Wildman–Crippen MR) is 84.8 cm³/mol. The number of nitrogens with two attached hydrogens (primary N) is 1. The number of nitrogens with zero attached hydrogens (tertiary/aromatic N) is 1. The molecule has 0 saturated carbocycles. The van der Waals surface area contributed by atoms with Crippen LogP contribution in [-0.4, -0.2) is 24.6 Å². The molecule has 1 saturated heterocycles. The lowest BCUT2D eigenvalue weighted by Gasteiger charge is -2.46. The van der Waals surface area contributed by atoms with Crippen molar-refractivity contribution in [2.45, 2.75) is 38.6 Å². The standard InChI is InChI=1S/C17H26N2O/c1-12-8-13(11-17(2,3)19(12)4)9-14-6-7-15(20-5)10-16(14)18/h6-7,10,13H,1,8-9,11,18H2,2-5H3. The van der Waals surface area contributed by atoms with E-state index in [9.17, 15) is 0 Å². The molecule has 0 amide bonds. The summed E-state index contributed by atoms with van der Waals surface area (Å²) in [7, 11) is 3.80. The number of allylic oxidation sites excluding steroid dienone is 1. The van der Waals surface area contributed by atoms with Crippen molar-refractivity contribution in [1.29, 1.82) is 0 Å². The highest BCUT2D eigenvalue weighted by molar-refractivity contribution is 5.51. The van der Waals surface area contributed by atoms with Gasteiger partial charge in [0.05, 0.1) is 7.11 Å². The minimum absolute atomic E-state index is 0.168. The van der Waals surface area contributed by atoms with E-state index in [1.807, 2.05) is 12.1 Å². The van der Waals surface area contributed by atoms with E-state index in [4.69, 9.17) is 10.5 Å². The van der Waals surface area contributed by atoms with Gasteiger partial charge in [-0.05, 0) is 50.7 Å². The molecule has 0 spiro atoms. The number of hydrogen-bond acceptors (Lipinski definition) is 3. The molecule has 3 nitrogen and oxygen atoms in total. The first-order chi connectivity index (χ1) is 9.33. The molecular weight excluding hydrogens is 248 g/mol. The summed E-state index contributed by atoms with van der Waals surface area (Å²) in [4.78, 5) is 2.31. The van der Waals surface area contributed by atoms with E-state index in [2.05, 4.69) is 38.4 Å². The summed E-state index contributed by atoms with van der Waals surface area (Å²) in [6.07, 6.45) is 3.21. The summed E-state index contributed by atoms with van der Waals surface area (Å²) in [5.41, 5.74) is 9.56. The van der Waals surface area contributed by atoms with Crippen molar-refractivity contribution in [3.05, 3.63) is 36.0 Å². The monoisotopic (exact) mass is 274 g/mol. The third-order valence-corrected chi connectivity index (χ3v) is 4.56. The number of rotatable bonds is 3. The van der Waals surface area contributed by atoms with Gasteiger partial charge in [0.2, 0.25) is 0 Å². The van der Waals surface area contributed by atoms with Crippen LogP contribution < -0.4 is 10.5 Å². The zero-order valence-corrected chi connectivity index (χ0v) is 13.1. The van der Waals surface area contributed by atoms with Crippen LogP contribution in [0.2, 0.25) is 0 Å². The van der Waals surface area contributed by atoms with Crippen LogP contribution in [0.3, 0.4) is 0 Å². The Morgan fingerprint density at radius 3 is 2.70 bits per heavy atom. The molecule has 1 unspecified atom stereocenters. The van der Waals surface area contributed by atoms with Crippen molar-refractivity contribution in [3.8, 4) is 5.75 Å². The first-order valence-electron chi connectivity index (χ1n) is 7.17. The average molecular weight is 274 g/mol. The van der Waals surface area contributed by atoms with Gasteiger partial charge in [0.1, 0.15) is 5.75 Å². The maximum atomic E-state index is 6.13. The largest absolute Gasteiger partial charge is 0.497 e. The highest BCUT2D eigenvalue weighted by Crippen LogP contribution is 2.38. The lowest BCUT2D eigenvalue weighted by atomic mass is 9.78. The molecule has 3 heteroatoms. The summed E-state index contributed by atoms with van der Waals surface area (Å²) in [5.74, 6) is 1.42. The SMILES string of the molecule is C=C1CC(Cc2ccc(OC)cc2N)CC(C)(C)N1C. The van der Waals surface area contributed by atoms with Gasteiger partial charge in [-0.1, -0.05) is 12.6 Å². The molecule has 0 aromatic heterocycles. The number of benzene rings is 1. The van der Waals surface area contributed by atoms with E-state index in [1.165, 1.54) is 11.3 Å². The Balaban J connectivity index is 2.12. The summed E-state index contributed by atoms with van der Waals surface area (Å²) in [6, 6.07) is 5.98. The Morgan fingerprint density at radius 2 is 2.15 bits per heavy atom. The molecule has 0 bridgehead atoms. The fourth-order valence-corrected chi connectivity index (χ4v) is 3.15. The first kappa shape index (κ1) is 14.8. The topological polar surface area (TPSA) is 38.5 Å². The second-order valence-electron chi connectivity index (χ2n) is 6.48. The number of piperidine rings is 1. The van der Waals surface area contributed by atoms with Gasteiger partial charge in [-0.25, -0.2) is 0 Å². The van der Waals surface area contributed by atoms with Crippen molar-refractivity contribution < 1.29 is 4.74 Å². The maximum absolute atomic E-state index is 6.13. The highest BCUT2D eigenvalue weighted by atomic mass is 16.5. The van der Waals surface area contributed by atoms with E-state index in [0.29, 0.717) is 5.92 Å². The molecule has 1 aliphatic heterocycles. The normalized spacial score (nSPS) is 21.9. The molecule has 2 rings (SSSR count). The number of ether oxygens (including phenoxy) is 1. The number of anilines is 1. The maximum Gasteiger partial charge on any atom is 0.120 e. The second-order valence-corrected chi connectivity index (χ2v) is 6.48. The summed E-state index contributed by atoms with van der Waals surface area (Å²) in [5, 5.41) is 0. The Labute approximate surface area is 122 Å². The van der Waals surface area contributed by atoms with Crippen LogP contribution in [0.15, 0.2) is 30.5 Å². The van der Waals surface area contributed by atoms with E-state index < -0.39 is 0 Å². The average Bonchev–Trinajstić information content (AvgIpc) is 2.38. The smallest absolute Gasteiger partial charge is 0.120 e. The quantitative estimate of drug-likeness (QED) is 0.858. The molecule has 0 radical (unpaired) electrons. The second kappa shape index (κ2) is 5.39. The number of hydrogen-bond donors (Lipinski definition) is 1. The van der Waals surface area contributed by atoms with Gasteiger partial charge in [0, 0.05) is 30.0 Å². The molecule has 1 aliphatic rings. The van der Waals surface area contributed by atoms with Gasteiger partial charge in [0.25, 0.3) is 0 Å². The van der Waals surface area contributed by atoms with Crippen molar-refractivity contribution >= 4 is 5.69 Å². The Bertz CT molecular complexity index is 508. The molecule has 1 aromatic carbocycles. The summed E-state index contributed by atoms with van der Waals surface area (Å²) >= 11 is 0. The minimum Gasteiger partial charge on any atom is -0.497 e. The lowest BCUT2D eigenvalue weighted by molar-refractivity contribution is 0.115. The van der Waals surface area contributed by atoms with Gasteiger partial charge in [0.15, 0.2) is 0 Å². The predicted octanol–water partition coefficient (Wildman–Crippen LogP) is 3.45. The number of likely N-dealkylation sites (tertiary alicyclic amines) is 1. The Kier molecular flexibility index (Phi) is 3.98. The zero-order valence-electron chi connectivity index (χ0n) is 13.1. The molecule has 20 heavy (non-hydrogen) atoms. The van der Waals surface area contributed by atoms with Crippen LogP contribution in [0.1, 0.15) is 32.3 Å². The minimum atomic E-state index is 0.168. The van der Waals surface area contributed by atoms with E-state index >= 15 is 0 Å². The molecule has 1 aromatic rings. The van der Waals surface area contributed by atoms with Crippen molar-refractivity contribution in [2.75, 3.05) is 19.9 Å². The summed E-state index contributed by atoms with van der Waals surface area (Å²) in [6.45, 7) is 8.77. The molecule has 1 atom stereocenters. The van der Waals surface area contributed by atoms with Crippen molar-refractivity contribution in [2.24, 2.45) is 5.92 Å². The van der Waals surface area contributed by atoms with Gasteiger partial charge >= 0.3 is 0 Å². The van der Waals surface area contributed by atoms with Gasteiger partial charge in [-0.15, -0.1) is 0 Å². The van der Waals surface area contributed by atoms with Crippen molar-refractivity contribution in [1.82, 2.24) is 4.90 Å². The molecule has 110 valence electrons. The molecule has 1 fully saturated rings. The van der Waals surface area contributed by atoms with E-state index in [0.717, 1.165) is 30.7 Å². The number of nitrogen functional groups attached to an aromatic ring is 1. The summed E-state index contributed by atoms with van der Waals surface area (Å²) < 4.78 is 5.20. The lowest BCUT2D eigenvalue weighted by Crippen LogP contribution is -2.46.